The van der Waals surface area contributed by atoms with Crippen molar-refractivity contribution in [3.63, 3.8) is 0 Å². The van der Waals surface area contributed by atoms with Crippen LogP contribution in [0.4, 0.5) is 17.1 Å². The number of carbonyl (C=O) groups is 1. The standard InChI is InChI=1S/C19H19ClN4O4S/c1-12-13(4-2-7-16(12)24(26)27)18(25)22-19(29)21-15-6-3-5-14(20)17(15)23-8-10-28-11-9-23/h2-7H,8-11H2,1H3,(H2,21,22,25,29). The van der Waals surface area contributed by atoms with Crippen LogP contribution in [0.25, 0.3) is 0 Å². The molecule has 152 valence electrons. The summed E-state index contributed by atoms with van der Waals surface area (Å²) < 4.78 is 5.39. The van der Waals surface area contributed by atoms with E-state index < -0.39 is 10.8 Å². The molecule has 0 saturated carbocycles. The summed E-state index contributed by atoms with van der Waals surface area (Å²) in [6.07, 6.45) is 0. The molecular weight excluding hydrogens is 416 g/mol. The number of halogens is 1. The molecular formula is C19H19ClN4O4S. The third kappa shape index (κ3) is 4.81. The van der Waals surface area contributed by atoms with Crippen molar-refractivity contribution in [2.75, 3.05) is 36.5 Å². The van der Waals surface area contributed by atoms with Gasteiger partial charge in [0.1, 0.15) is 0 Å². The molecule has 2 aromatic rings. The Kier molecular flexibility index (Phi) is 6.63. The Balaban J connectivity index is 1.76. The Morgan fingerprint density at radius 3 is 2.62 bits per heavy atom. The van der Waals surface area contributed by atoms with Crippen LogP contribution in [0.15, 0.2) is 36.4 Å². The van der Waals surface area contributed by atoms with Crippen molar-refractivity contribution in [2.24, 2.45) is 0 Å². The first-order valence-electron chi connectivity index (χ1n) is 8.86. The first-order valence-corrected chi connectivity index (χ1v) is 9.64. The molecule has 0 bridgehead atoms. The van der Waals surface area contributed by atoms with Gasteiger partial charge in [-0.05, 0) is 37.3 Å². The number of nitrogens with zero attached hydrogens (tertiary/aromatic N) is 2. The summed E-state index contributed by atoms with van der Waals surface area (Å²) in [6, 6.07) is 9.70. The van der Waals surface area contributed by atoms with Crippen LogP contribution < -0.4 is 15.5 Å². The minimum atomic E-state index is -0.529. The summed E-state index contributed by atoms with van der Waals surface area (Å²) in [5.74, 6) is -0.529. The van der Waals surface area contributed by atoms with Crippen LogP contribution in [0.3, 0.4) is 0 Å². The van der Waals surface area contributed by atoms with E-state index in [2.05, 4.69) is 15.5 Å². The van der Waals surface area contributed by atoms with Crippen LogP contribution in [0.5, 0.6) is 0 Å². The van der Waals surface area contributed by atoms with E-state index in [0.717, 1.165) is 5.69 Å². The molecule has 0 aromatic heterocycles. The van der Waals surface area contributed by atoms with E-state index in [0.29, 0.717) is 37.0 Å². The number of morpholine rings is 1. The molecule has 29 heavy (non-hydrogen) atoms. The molecule has 2 N–H and O–H groups in total. The number of carbonyl (C=O) groups excluding carboxylic acids is 1. The number of nitro groups is 1. The van der Waals surface area contributed by atoms with Gasteiger partial charge in [0.25, 0.3) is 11.6 Å². The molecule has 1 heterocycles. The van der Waals surface area contributed by atoms with E-state index in [1.807, 2.05) is 6.07 Å². The average molecular weight is 435 g/mol. The number of hydrogen-bond acceptors (Lipinski definition) is 6. The Labute approximate surface area is 177 Å². The molecule has 1 fully saturated rings. The lowest BCUT2D eigenvalue weighted by molar-refractivity contribution is -0.385. The minimum Gasteiger partial charge on any atom is -0.378 e. The van der Waals surface area contributed by atoms with E-state index in [4.69, 9.17) is 28.6 Å². The zero-order valence-corrected chi connectivity index (χ0v) is 17.2. The van der Waals surface area contributed by atoms with Gasteiger partial charge in [-0.15, -0.1) is 0 Å². The number of amides is 1. The second-order valence-electron chi connectivity index (χ2n) is 6.35. The number of nitro benzene ring substituents is 1. The van der Waals surface area contributed by atoms with E-state index >= 15 is 0 Å². The SMILES string of the molecule is Cc1c(C(=O)NC(=S)Nc2cccc(Cl)c2N2CCOCC2)cccc1[N+](=O)[O-]. The van der Waals surface area contributed by atoms with Gasteiger partial charge < -0.3 is 15.0 Å². The zero-order chi connectivity index (χ0) is 21.0. The van der Waals surface area contributed by atoms with E-state index in [1.54, 1.807) is 12.1 Å². The van der Waals surface area contributed by atoms with Gasteiger partial charge in [0, 0.05) is 30.3 Å². The van der Waals surface area contributed by atoms with Gasteiger partial charge in [-0.1, -0.05) is 23.7 Å². The molecule has 10 heteroatoms. The Hall–Kier alpha value is -2.75. The van der Waals surface area contributed by atoms with Gasteiger partial charge in [-0.25, -0.2) is 0 Å². The van der Waals surface area contributed by atoms with E-state index in [-0.39, 0.29) is 21.9 Å². The van der Waals surface area contributed by atoms with Crippen LogP contribution in [0, 0.1) is 17.0 Å². The number of nitrogens with one attached hydrogen (secondary N) is 2. The Bertz CT molecular complexity index is 963. The highest BCUT2D eigenvalue weighted by Gasteiger charge is 2.21. The molecule has 1 aliphatic heterocycles. The van der Waals surface area contributed by atoms with Gasteiger partial charge in [-0.2, -0.15) is 0 Å². The van der Waals surface area contributed by atoms with E-state index in [9.17, 15) is 14.9 Å². The van der Waals surface area contributed by atoms with Crippen LogP contribution in [-0.4, -0.2) is 42.2 Å². The van der Waals surface area contributed by atoms with Gasteiger partial charge in [0.2, 0.25) is 0 Å². The normalized spacial score (nSPS) is 13.7. The molecule has 1 aliphatic rings. The van der Waals surface area contributed by atoms with Crippen LogP contribution in [-0.2, 0) is 4.74 Å². The summed E-state index contributed by atoms with van der Waals surface area (Å²) in [5, 5.41) is 17.3. The molecule has 1 amide bonds. The molecule has 3 rings (SSSR count). The maximum absolute atomic E-state index is 12.6. The van der Waals surface area contributed by atoms with Crippen molar-refractivity contribution < 1.29 is 14.5 Å². The van der Waals surface area contributed by atoms with Crippen molar-refractivity contribution in [1.82, 2.24) is 5.32 Å². The number of rotatable bonds is 4. The lowest BCUT2D eigenvalue weighted by Crippen LogP contribution is -2.38. The van der Waals surface area contributed by atoms with Gasteiger partial charge in [-0.3, -0.25) is 20.2 Å². The topological polar surface area (TPSA) is 96.7 Å². The van der Waals surface area contributed by atoms with Crippen molar-refractivity contribution in [3.05, 3.63) is 62.7 Å². The van der Waals surface area contributed by atoms with Gasteiger partial charge in [0.05, 0.1) is 34.5 Å². The van der Waals surface area contributed by atoms with Crippen molar-refractivity contribution in [2.45, 2.75) is 6.92 Å². The molecule has 1 saturated heterocycles. The number of anilines is 2. The number of para-hydroxylation sites is 1. The number of thiocarbonyl (C=S) groups is 1. The first kappa shape index (κ1) is 21.0. The number of benzene rings is 2. The van der Waals surface area contributed by atoms with Crippen molar-refractivity contribution >= 4 is 51.9 Å². The van der Waals surface area contributed by atoms with Crippen molar-refractivity contribution in [1.29, 1.82) is 0 Å². The lowest BCUT2D eigenvalue weighted by Gasteiger charge is -2.31. The maximum Gasteiger partial charge on any atom is 0.273 e. The summed E-state index contributed by atoms with van der Waals surface area (Å²) in [4.78, 5) is 25.2. The molecule has 0 atom stereocenters. The quantitative estimate of drug-likeness (QED) is 0.431. The monoisotopic (exact) mass is 434 g/mol. The second-order valence-corrected chi connectivity index (χ2v) is 7.17. The lowest BCUT2D eigenvalue weighted by atomic mass is 10.1. The summed E-state index contributed by atoms with van der Waals surface area (Å²) in [7, 11) is 0. The third-order valence-corrected chi connectivity index (χ3v) is 5.05. The zero-order valence-electron chi connectivity index (χ0n) is 15.6. The van der Waals surface area contributed by atoms with Crippen LogP contribution in [0.1, 0.15) is 15.9 Å². The molecule has 0 aliphatic carbocycles. The predicted octanol–water partition coefficient (Wildman–Crippen LogP) is 3.52. The summed E-state index contributed by atoms with van der Waals surface area (Å²) in [6.45, 7) is 4.08. The highest BCUT2D eigenvalue weighted by molar-refractivity contribution is 7.80. The van der Waals surface area contributed by atoms with Gasteiger partial charge in [0.15, 0.2) is 5.11 Å². The molecule has 0 unspecified atom stereocenters. The fraction of sp³-hybridized carbons (Fsp3) is 0.263. The van der Waals surface area contributed by atoms with Crippen LogP contribution in [0.2, 0.25) is 5.02 Å². The van der Waals surface area contributed by atoms with Gasteiger partial charge >= 0.3 is 0 Å². The first-order chi connectivity index (χ1) is 13.9. The van der Waals surface area contributed by atoms with Crippen LogP contribution >= 0.6 is 23.8 Å². The fourth-order valence-electron chi connectivity index (χ4n) is 3.12. The smallest absolute Gasteiger partial charge is 0.273 e. The van der Waals surface area contributed by atoms with Crippen molar-refractivity contribution in [3.8, 4) is 0 Å². The predicted molar refractivity (Wildman–Crippen MR) is 116 cm³/mol. The largest absolute Gasteiger partial charge is 0.378 e. The molecule has 0 spiro atoms. The highest BCUT2D eigenvalue weighted by atomic mass is 35.5. The molecule has 0 radical (unpaired) electrons. The molecule has 2 aromatic carbocycles. The maximum atomic E-state index is 12.6. The highest BCUT2D eigenvalue weighted by Crippen LogP contribution is 2.34. The van der Waals surface area contributed by atoms with E-state index in [1.165, 1.54) is 25.1 Å². The molecule has 8 nitrogen and oxygen atoms in total. The fourth-order valence-corrected chi connectivity index (χ4v) is 3.61. The summed E-state index contributed by atoms with van der Waals surface area (Å²) >= 11 is 11.7. The Morgan fingerprint density at radius 1 is 1.24 bits per heavy atom. The number of ether oxygens (including phenoxy) is 1. The average Bonchev–Trinajstić information content (AvgIpc) is 2.68. The number of hydrogen-bond donors (Lipinski definition) is 2. The summed E-state index contributed by atoms with van der Waals surface area (Å²) in [5.41, 5.74) is 1.76. The minimum absolute atomic E-state index is 0.0673. The second kappa shape index (κ2) is 9.17. The third-order valence-electron chi connectivity index (χ3n) is 4.54. The Morgan fingerprint density at radius 2 is 1.93 bits per heavy atom.